The van der Waals surface area contributed by atoms with Gasteiger partial charge in [-0.2, -0.15) is 0 Å². The Labute approximate surface area is 190 Å². The van der Waals surface area contributed by atoms with Crippen molar-refractivity contribution >= 4 is 23.5 Å². The number of aryl methyl sites for hydroxylation is 1. The zero-order chi connectivity index (χ0) is 22.6. The number of likely N-dealkylation sites (tertiary alicyclic amines) is 1. The molecule has 4 amide bonds. The molecule has 2 saturated heterocycles. The van der Waals surface area contributed by atoms with Crippen LogP contribution in [0.25, 0.3) is 5.65 Å². The van der Waals surface area contributed by atoms with Crippen molar-refractivity contribution in [1.82, 2.24) is 29.7 Å². The largest absolute Gasteiger partial charge is 0.340 e. The number of imide groups is 1. The molecule has 168 valence electrons. The van der Waals surface area contributed by atoms with Gasteiger partial charge in [-0.1, -0.05) is 30.3 Å². The monoisotopic (exact) mass is 444 g/mol. The number of aromatic nitrogens is 3. The van der Waals surface area contributed by atoms with Crippen LogP contribution >= 0.6 is 0 Å². The third-order valence-corrected chi connectivity index (χ3v) is 7.19. The normalized spacial score (nSPS) is 24.5. The molecule has 1 aromatic carbocycles. The number of urea groups is 1. The van der Waals surface area contributed by atoms with Crippen LogP contribution in [0.2, 0.25) is 0 Å². The van der Waals surface area contributed by atoms with Gasteiger partial charge >= 0.3 is 6.03 Å². The lowest BCUT2D eigenvalue weighted by Gasteiger charge is -2.32. The molecule has 0 saturated carbocycles. The van der Waals surface area contributed by atoms with Crippen molar-refractivity contribution in [1.29, 1.82) is 0 Å². The average molecular weight is 444 g/mol. The van der Waals surface area contributed by atoms with Crippen molar-refractivity contribution in [3.05, 3.63) is 65.6 Å². The van der Waals surface area contributed by atoms with Gasteiger partial charge in [-0.3, -0.25) is 18.9 Å². The summed E-state index contributed by atoms with van der Waals surface area (Å²) in [7, 11) is 0. The van der Waals surface area contributed by atoms with E-state index in [1.54, 1.807) is 4.90 Å². The molecule has 1 N–H and O–H groups in total. The van der Waals surface area contributed by atoms with Gasteiger partial charge < -0.3 is 10.2 Å². The standard InChI is InChI=1S/C24H24N6O3/c31-20(28-12-5-7-17(14-28)21-27-26-19-9-3-4-13-29(19)21)15-30-22(32)24(25-23(30)33)11-10-16-6-1-2-8-18(16)24/h1-4,6,8-9,13,17H,5,7,10-12,14-15H2,(H,25,33)/t17-,24+/m1/s1. The molecule has 33 heavy (non-hydrogen) atoms. The van der Waals surface area contributed by atoms with E-state index in [2.05, 4.69) is 15.5 Å². The van der Waals surface area contributed by atoms with Gasteiger partial charge in [-0.15, -0.1) is 10.2 Å². The van der Waals surface area contributed by atoms with Crippen molar-refractivity contribution in [2.24, 2.45) is 0 Å². The second-order valence-electron chi connectivity index (χ2n) is 9.05. The molecule has 2 fully saturated rings. The van der Waals surface area contributed by atoms with E-state index >= 15 is 0 Å². The molecule has 3 aromatic rings. The van der Waals surface area contributed by atoms with Crippen LogP contribution in [0.1, 0.15) is 42.1 Å². The first-order chi connectivity index (χ1) is 16.1. The summed E-state index contributed by atoms with van der Waals surface area (Å²) in [6, 6.07) is 12.9. The first-order valence-electron chi connectivity index (χ1n) is 11.4. The minimum Gasteiger partial charge on any atom is -0.340 e. The predicted octanol–water partition coefficient (Wildman–Crippen LogP) is 1.83. The van der Waals surface area contributed by atoms with Crippen molar-refractivity contribution < 1.29 is 14.4 Å². The molecule has 0 radical (unpaired) electrons. The number of pyridine rings is 1. The molecule has 4 heterocycles. The first kappa shape index (κ1) is 19.9. The van der Waals surface area contributed by atoms with Crippen LogP contribution in [0.4, 0.5) is 4.79 Å². The number of rotatable bonds is 3. The van der Waals surface area contributed by atoms with E-state index in [1.807, 2.05) is 53.1 Å². The molecule has 1 spiro atoms. The number of piperidine rings is 1. The van der Waals surface area contributed by atoms with Crippen molar-refractivity contribution in [2.45, 2.75) is 37.1 Å². The molecule has 3 aliphatic rings. The maximum Gasteiger partial charge on any atom is 0.325 e. The van der Waals surface area contributed by atoms with E-state index in [9.17, 15) is 14.4 Å². The second kappa shape index (κ2) is 7.40. The summed E-state index contributed by atoms with van der Waals surface area (Å²) in [4.78, 5) is 42.2. The van der Waals surface area contributed by atoms with Crippen LogP contribution in [0, 0.1) is 0 Å². The Balaban J connectivity index is 1.19. The maximum atomic E-state index is 13.4. The van der Waals surface area contributed by atoms with Crippen molar-refractivity contribution in [2.75, 3.05) is 19.6 Å². The lowest BCUT2D eigenvalue weighted by atomic mass is 9.92. The lowest BCUT2D eigenvalue weighted by Crippen LogP contribution is -2.47. The fraction of sp³-hybridized carbons (Fsp3) is 0.375. The molecule has 9 heteroatoms. The lowest BCUT2D eigenvalue weighted by molar-refractivity contribution is -0.139. The van der Waals surface area contributed by atoms with Crippen LogP contribution in [0.3, 0.4) is 0 Å². The fourth-order valence-corrected chi connectivity index (χ4v) is 5.52. The summed E-state index contributed by atoms with van der Waals surface area (Å²) in [6.45, 7) is 0.845. The van der Waals surface area contributed by atoms with E-state index in [1.165, 1.54) is 0 Å². The van der Waals surface area contributed by atoms with Crippen LogP contribution in [0.5, 0.6) is 0 Å². The minimum absolute atomic E-state index is 0.0521. The van der Waals surface area contributed by atoms with E-state index in [0.29, 0.717) is 19.5 Å². The van der Waals surface area contributed by atoms with Gasteiger partial charge in [0.05, 0.1) is 0 Å². The first-order valence-corrected chi connectivity index (χ1v) is 11.4. The minimum atomic E-state index is -1.04. The van der Waals surface area contributed by atoms with Gasteiger partial charge in [-0.05, 0) is 48.9 Å². The molecule has 0 bridgehead atoms. The Kier molecular flexibility index (Phi) is 4.46. The fourth-order valence-electron chi connectivity index (χ4n) is 5.52. The van der Waals surface area contributed by atoms with Gasteiger partial charge in [0.15, 0.2) is 5.65 Å². The number of nitrogens with one attached hydrogen (secondary N) is 1. The van der Waals surface area contributed by atoms with E-state index in [-0.39, 0.29) is 24.3 Å². The van der Waals surface area contributed by atoms with E-state index < -0.39 is 11.6 Å². The summed E-state index contributed by atoms with van der Waals surface area (Å²) < 4.78 is 1.96. The van der Waals surface area contributed by atoms with E-state index in [0.717, 1.165) is 46.8 Å². The Hall–Kier alpha value is -3.75. The van der Waals surface area contributed by atoms with Gasteiger partial charge in [0.2, 0.25) is 5.91 Å². The summed E-state index contributed by atoms with van der Waals surface area (Å²) in [5, 5.41) is 11.5. The van der Waals surface area contributed by atoms with Crippen LogP contribution in [0.15, 0.2) is 48.7 Å². The number of carbonyl (C=O) groups excluding carboxylic acids is 3. The molecule has 6 rings (SSSR count). The molecule has 0 unspecified atom stereocenters. The highest BCUT2D eigenvalue weighted by molar-refractivity contribution is 6.09. The summed E-state index contributed by atoms with van der Waals surface area (Å²) >= 11 is 0. The topological polar surface area (TPSA) is 99.9 Å². The molecular weight excluding hydrogens is 420 g/mol. The van der Waals surface area contributed by atoms with Crippen molar-refractivity contribution in [3.8, 4) is 0 Å². The van der Waals surface area contributed by atoms with Crippen LogP contribution in [-0.2, 0) is 21.5 Å². The predicted molar refractivity (Wildman–Crippen MR) is 118 cm³/mol. The molecule has 2 atom stereocenters. The molecular formula is C24H24N6O3. The SMILES string of the molecule is O=C(CN1C(=O)N[C@]2(CCc3ccccc32)C1=O)N1CCC[C@@H](c2nnc3ccccn23)C1. The van der Waals surface area contributed by atoms with Gasteiger partial charge in [0, 0.05) is 25.2 Å². The summed E-state index contributed by atoms with van der Waals surface area (Å²) in [6.07, 6.45) is 4.91. The second-order valence-corrected chi connectivity index (χ2v) is 9.05. The Morgan fingerprint density at radius 2 is 1.97 bits per heavy atom. The Morgan fingerprint density at radius 1 is 1.12 bits per heavy atom. The zero-order valence-electron chi connectivity index (χ0n) is 18.1. The van der Waals surface area contributed by atoms with Gasteiger partial charge in [-0.25, -0.2) is 4.79 Å². The van der Waals surface area contributed by atoms with Crippen LogP contribution in [-0.4, -0.2) is 61.9 Å². The quantitative estimate of drug-likeness (QED) is 0.622. The average Bonchev–Trinajstić information content (AvgIpc) is 3.51. The number of hydrogen-bond acceptors (Lipinski definition) is 5. The highest BCUT2D eigenvalue weighted by Crippen LogP contribution is 2.41. The highest BCUT2D eigenvalue weighted by atomic mass is 16.2. The third-order valence-electron chi connectivity index (χ3n) is 7.19. The number of carbonyl (C=O) groups is 3. The summed E-state index contributed by atoms with van der Waals surface area (Å²) in [5.74, 6) is 0.332. The summed E-state index contributed by atoms with van der Waals surface area (Å²) in [5.41, 5.74) is 1.64. The number of fused-ring (bicyclic) bond motifs is 3. The molecule has 9 nitrogen and oxygen atoms in total. The number of hydrogen-bond donors (Lipinski definition) is 1. The number of amides is 4. The number of nitrogens with zero attached hydrogens (tertiary/aromatic N) is 5. The third kappa shape index (κ3) is 3.02. The molecule has 2 aliphatic heterocycles. The maximum absolute atomic E-state index is 13.4. The van der Waals surface area contributed by atoms with Gasteiger partial charge in [0.1, 0.15) is 17.9 Å². The number of benzene rings is 1. The highest BCUT2D eigenvalue weighted by Gasteiger charge is 2.55. The van der Waals surface area contributed by atoms with E-state index in [4.69, 9.17) is 0 Å². The smallest absolute Gasteiger partial charge is 0.325 e. The van der Waals surface area contributed by atoms with Gasteiger partial charge in [0.25, 0.3) is 5.91 Å². The molecule has 2 aromatic heterocycles. The van der Waals surface area contributed by atoms with Crippen LogP contribution < -0.4 is 5.32 Å². The Morgan fingerprint density at radius 3 is 2.88 bits per heavy atom. The zero-order valence-corrected chi connectivity index (χ0v) is 18.1. The Bertz CT molecular complexity index is 1290. The van der Waals surface area contributed by atoms with Crippen molar-refractivity contribution in [3.63, 3.8) is 0 Å². The molecule has 1 aliphatic carbocycles.